The molecule has 0 atom stereocenters. The van der Waals surface area contributed by atoms with Crippen LogP contribution in [0.15, 0.2) is 48.5 Å². The Kier molecular flexibility index (Phi) is 5.51. The normalized spacial score (nSPS) is 14.2. The molecule has 6 heteroatoms. The van der Waals surface area contributed by atoms with Crippen molar-refractivity contribution in [1.82, 2.24) is 4.90 Å². The lowest BCUT2D eigenvalue weighted by Crippen LogP contribution is -2.50. The van der Waals surface area contributed by atoms with E-state index in [-0.39, 0.29) is 24.1 Å². The summed E-state index contributed by atoms with van der Waals surface area (Å²) in [6.45, 7) is 3.67. The molecule has 2 aromatic carbocycles. The number of ketones is 1. The molecule has 2 aromatic rings. The monoisotopic (exact) mass is 356 g/mol. The van der Waals surface area contributed by atoms with Gasteiger partial charge < -0.3 is 14.5 Å². The molecule has 1 heterocycles. The lowest BCUT2D eigenvalue weighted by molar-refractivity contribution is -0.133. The highest BCUT2D eigenvalue weighted by Gasteiger charge is 2.22. The van der Waals surface area contributed by atoms with Gasteiger partial charge in [-0.1, -0.05) is 12.1 Å². The third-order valence-electron chi connectivity index (χ3n) is 4.45. The van der Waals surface area contributed by atoms with Crippen molar-refractivity contribution in [2.45, 2.75) is 6.92 Å². The molecule has 0 N–H and O–H groups in total. The number of ether oxygens (including phenoxy) is 1. The molecule has 0 aliphatic carbocycles. The van der Waals surface area contributed by atoms with Crippen molar-refractivity contribution in [2.75, 3.05) is 37.7 Å². The van der Waals surface area contributed by atoms with Gasteiger partial charge in [0.05, 0.1) is 5.69 Å². The van der Waals surface area contributed by atoms with E-state index in [1.165, 1.54) is 13.0 Å². The first-order valence-corrected chi connectivity index (χ1v) is 8.55. The lowest BCUT2D eigenvalue weighted by atomic mass is 10.1. The van der Waals surface area contributed by atoms with Crippen LogP contribution in [0.2, 0.25) is 0 Å². The molecule has 136 valence electrons. The molecule has 1 aliphatic rings. The topological polar surface area (TPSA) is 49.9 Å². The number of halogens is 1. The summed E-state index contributed by atoms with van der Waals surface area (Å²) in [6, 6.07) is 13.4. The second-order valence-electron chi connectivity index (χ2n) is 6.19. The minimum atomic E-state index is -0.246. The van der Waals surface area contributed by atoms with Crippen LogP contribution < -0.4 is 9.64 Å². The number of Topliss-reactive ketones (excluding diaryl/α,β-unsaturated/α-hetero) is 1. The van der Waals surface area contributed by atoms with E-state index in [1.54, 1.807) is 47.4 Å². The van der Waals surface area contributed by atoms with Crippen molar-refractivity contribution in [1.29, 1.82) is 0 Å². The van der Waals surface area contributed by atoms with E-state index >= 15 is 0 Å². The van der Waals surface area contributed by atoms with Gasteiger partial charge in [-0.3, -0.25) is 9.59 Å². The fourth-order valence-corrected chi connectivity index (χ4v) is 2.93. The van der Waals surface area contributed by atoms with Crippen LogP contribution in [0.5, 0.6) is 5.75 Å². The molecule has 0 radical (unpaired) electrons. The number of carbonyl (C=O) groups excluding carboxylic acids is 2. The SMILES string of the molecule is CC(=O)c1ccc(OCC(=O)N2CCN(c3ccccc3F)CC2)cc1. The highest BCUT2D eigenvalue weighted by atomic mass is 19.1. The first-order chi connectivity index (χ1) is 12.5. The number of para-hydroxylation sites is 1. The van der Waals surface area contributed by atoms with Gasteiger partial charge in [0.25, 0.3) is 5.91 Å². The summed E-state index contributed by atoms with van der Waals surface area (Å²) >= 11 is 0. The zero-order valence-electron chi connectivity index (χ0n) is 14.7. The van der Waals surface area contributed by atoms with Gasteiger partial charge >= 0.3 is 0 Å². The van der Waals surface area contributed by atoms with Crippen LogP contribution in [0.1, 0.15) is 17.3 Å². The predicted molar refractivity (Wildman–Crippen MR) is 97.1 cm³/mol. The Morgan fingerprint density at radius 1 is 1.00 bits per heavy atom. The average molecular weight is 356 g/mol. The second kappa shape index (κ2) is 7.99. The number of nitrogens with zero attached hydrogens (tertiary/aromatic N) is 2. The van der Waals surface area contributed by atoms with Gasteiger partial charge in [-0.15, -0.1) is 0 Å². The highest BCUT2D eigenvalue weighted by molar-refractivity contribution is 5.94. The number of anilines is 1. The number of hydrogen-bond donors (Lipinski definition) is 0. The van der Waals surface area contributed by atoms with Crippen LogP contribution in [0.25, 0.3) is 0 Å². The number of piperazine rings is 1. The van der Waals surface area contributed by atoms with E-state index in [4.69, 9.17) is 4.74 Å². The van der Waals surface area contributed by atoms with E-state index in [1.807, 2.05) is 4.90 Å². The molecule has 26 heavy (non-hydrogen) atoms. The van der Waals surface area contributed by atoms with Gasteiger partial charge in [-0.2, -0.15) is 0 Å². The summed E-state index contributed by atoms with van der Waals surface area (Å²) in [6.07, 6.45) is 0. The standard InChI is InChI=1S/C20H21FN2O3/c1-15(24)16-6-8-17(9-7-16)26-14-20(25)23-12-10-22(11-13-23)19-5-3-2-4-18(19)21/h2-9H,10-14H2,1H3. The van der Waals surface area contributed by atoms with Crippen LogP contribution in [-0.2, 0) is 4.79 Å². The maximum absolute atomic E-state index is 13.9. The van der Waals surface area contributed by atoms with Gasteiger partial charge in [0.2, 0.25) is 0 Å². The molecule has 0 bridgehead atoms. The van der Waals surface area contributed by atoms with E-state index in [9.17, 15) is 14.0 Å². The summed E-state index contributed by atoms with van der Waals surface area (Å²) in [7, 11) is 0. The van der Waals surface area contributed by atoms with E-state index in [2.05, 4.69) is 0 Å². The summed E-state index contributed by atoms with van der Waals surface area (Å²) in [5.74, 6) is 0.187. The number of carbonyl (C=O) groups is 2. The zero-order chi connectivity index (χ0) is 18.5. The number of hydrogen-bond acceptors (Lipinski definition) is 4. The second-order valence-corrected chi connectivity index (χ2v) is 6.19. The predicted octanol–water partition coefficient (Wildman–Crippen LogP) is 2.76. The third kappa shape index (κ3) is 4.20. The summed E-state index contributed by atoms with van der Waals surface area (Å²) in [5, 5.41) is 0. The molecule has 0 unspecified atom stereocenters. The molecule has 0 aromatic heterocycles. The van der Waals surface area contributed by atoms with Crippen LogP contribution in [-0.4, -0.2) is 49.4 Å². The highest BCUT2D eigenvalue weighted by Crippen LogP contribution is 2.20. The number of rotatable bonds is 5. The Morgan fingerprint density at radius 2 is 1.65 bits per heavy atom. The van der Waals surface area contributed by atoms with Crippen molar-refractivity contribution >= 4 is 17.4 Å². The van der Waals surface area contributed by atoms with Crippen molar-refractivity contribution in [2.24, 2.45) is 0 Å². The Balaban J connectivity index is 1.49. The van der Waals surface area contributed by atoms with E-state index in [0.717, 1.165) is 0 Å². The quantitative estimate of drug-likeness (QED) is 0.773. The zero-order valence-corrected chi connectivity index (χ0v) is 14.7. The smallest absolute Gasteiger partial charge is 0.260 e. The van der Waals surface area contributed by atoms with Gasteiger partial charge in [0.1, 0.15) is 11.6 Å². The molecule has 1 fully saturated rings. The maximum Gasteiger partial charge on any atom is 0.260 e. The number of benzene rings is 2. The van der Waals surface area contributed by atoms with Crippen molar-refractivity contribution in [3.05, 3.63) is 59.9 Å². The largest absolute Gasteiger partial charge is 0.484 e. The molecule has 0 saturated carbocycles. The van der Waals surface area contributed by atoms with E-state index in [0.29, 0.717) is 43.2 Å². The van der Waals surface area contributed by atoms with Gasteiger partial charge in [0, 0.05) is 31.7 Å². The third-order valence-corrected chi connectivity index (χ3v) is 4.45. The molecule has 1 saturated heterocycles. The Morgan fingerprint density at radius 3 is 2.27 bits per heavy atom. The van der Waals surface area contributed by atoms with Crippen LogP contribution in [0.4, 0.5) is 10.1 Å². The van der Waals surface area contributed by atoms with Crippen molar-refractivity contribution < 1.29 is 18.7 Å². The molecule has 1 aliphatic heterocycles. The fraction of sp³-hybridized carbons (Fsp3) is 0.300. The maximum atomic E-state index is 13.9. The van der Waals surface area contributed by atoms with Gasteiger partial charge in [-0.25, -0.2) is 4.39 Å². The lowest BCUT2D eigenvalue weighted by Gasteiger charge is -2.36. The van der Waals surface area contributed by atoms with Crippen LogP contribution >= 0.6 is 0 Å². The Labute approximate surface area is 152 Å². The van der Waals surface area contributed by atoms with Gasteiger partial charge in [-0.05, 0) is 43.3 Å². The Bertz CT molecular complexity index is 784. The van der Waals surface area contributed by atoms with Crippen LogP contribution in [0.3, 0.4) is 0 Å². The molecular weight excluding hydrogens is 335 g/mol. The summed E-state index contributed by atoms with van der Waals surface area (Å²) in [5.41, 5.74) is 1.18. The summed E-state index contributed by atoms with van der Waals surface area (Å²) < 4.78 is 19.4. The fourth-order valence-electron chi connectivity index (χ4n) is 2.93. The Hall–Kier alpha value is -2.89. The van der Waals surface area contributed by atoms with Gasteiger partial charge in [0.15, 0.2) is 12.4 Å². The molecule has 0 spiro atoms. The summed E-state index contributed by atoms with van der Waals surface area (Å²) in [4.78, 5) is 27.2. The number of amides is 1. The molecule has 3 rings (SSSR count). The minimum absolute atomic E-state index is 0.0136. The van der Waals surface area contributed by atoms with Crippen LogP contribution in [0, 0.1) is 5.82 Å². The molecule has 1 amide bonds. The van der Waals surface area contributed by atoms with Crippen molar-refractivity contribution in [3.63, 3.8) is 0 Å². The molecule has 5 nitrogen and oxygen atoms in total. The first-order valence-electron chi connectivity index (χ1n) is 8.55. The van der Waals surface area contributed by atoms with Crippen molar-refractivity contribution in [3.8, 4) is 5.75 Å². The van der Waals surface area contributed by atoms with E-state index < -0.39 is 0 Å². The average Bonchev–Trinajstić information content (AvgIpc) is 2.67. The first kappa shape index (κ1) is 17.9. The molecular formula is C20H21FN2O3. The minimum Gasteiger partial charge on any atom is -0.484 e.